The first-order chi connectivity index (χ1) is 16.1. The standard InChI is InChI=1S/C27H30N4O2/c1-31(2)19-20-33-25-16-12-23(13-17-25)27(22-10-14-24(32)15-11-22)26(9-6-18-29-30-28)21-7-4-3-5-8-21/h3-5,7-8,10-17,32H,6,9,18-20H2,1-2H3/b27-26-. The second kappa shape index (κ2) is 12.3. The van der Waals surface area contributed by atoms with Gasteiger partial charge in [0, 0.05) is 18.0 Å². The normalized spacial score (nSPS) is 11.6. The highest BCUT2D eigenvalue weighted by molar-refractivity contribution is 5.98. The zero-order valence-corrected chi connectivity index (χ0v) is 19.2. The van der Waals surface area contributed by atoms with Crippen molar-refractivity contribution in [3.8, 4) is 11.5 Å². The lowest BCUT2D eigenvalue weighted by Gasteiger charge is -2.18. The number of hydrogen-bond donors (Lipinski definition) is 1. The van der Waals surface area contributed by atoms with Crippen LogP contribution in [-0.4, -0.2) is 43.8 Å². The van der Waals surface area contributed by atoms with E-state index in [9.17, 15) is 5.11 Å². The molecule has 3 rings (SSSR count). The monoisotopic (exact) mass is 442 g/mol. The van der Waals surface area contributed by atoms with E-state index in [1.165, 1.54) is 0 Å². The number of rotatable bonds is 11. The predicted molar refractivity (Wildman–Crippen MR) is 134 cm³/mol. The maximum Gasteiger partial charge on any atom is 0.119 e. The van der Waals surface area contributed by atoms with Crippen LogP contribution in [0.5, 0.6) is 11.5 Å². The van der Waals surface area contributed by atoms with Gasteiger partial charge in [-0.2, -0.15) is 0 Å². The van der Waals surface area contributed by atoms with E-state index in [1.807, 2.05) is 56.6 Å². The molecule has 0 aliphatic rings. The van der Waals surface area contributed by atoms with E-state index in [4.69, 9.17) is 10.3 Å². The molecule has 0 atom stereocenters. The lowest BCUT2D eigenvalue weighted by molar-refractivity contribution is 0.261. The van der Waals surface area contributed by atoms with Crippen molar-refractivity contribution in [1.29, 1.82) is 0 Å². The lowest BCUT2D eigenvalue weighted by Crippen LogP contribution is -2.19. The maximum atomic E-state index is 9.84. The third kappa shape index (κ3) is 7.14. The Kier molecular flexibility index (Phi) is 8.95. The van der Waals surface area contributed by atoms with E-state index >= 15 is 0 Å². The summed E-state index contributed by atoms with van der Waals surface area (Å²) in [5.74, 6) is 1.06. The SMILES string of the molecule is CN(C)CCOc1ccc(/C(=C(/CCCN=[N+]=[N-])c2ccccc2)c2ccc(O)cc2)cc1. The molecule has 3 aromatic carbocycles. The summed E-state index contributed by atoms with van der Waals surface area (Å²) < 4.78 is 5.87. The van der Waals surface area contributed by atoms with Gasteiger partial charge in [0.25, 0.3) is 0 Å². The molecular weight excluding hydrogens is 412 g/mol. The number of phenolic OH excluding ortho intramolecular Hbond substituents is 1. The average Bonchev–Trinajstić information content (AvgIpc) is 2.83. The first-order valence-corrected chi connectivity index (χ1v) is 11.1. The number of nitrogens with zero attached hydrogens (tertiary/aromatic N) is 4. The molecule has 0 unspecified atom stereocenters. The van der Waals surface area contributed by atoms with Gasteiger partial charge in [0.15, 0.2) is 0 Å². The van der Waals surface area contributed by atoms with Crippen molar-refractivity contribution in [1.82, 2.24) is 4.90 Å². The van der Waals surface area contributed by atoms with Crippen LogP contribution >= 0.6 is 0 Å². The van der Waals surface area contributed by atoms with Gasteiger partial charge in [0.05, 0.1) is 0 Å². The summed E-state index contributed by atoms with van der Waals surface area (Å²) in [6.07, 6.45) is 1.49. The molecule has 6 nitrogen and oxygen atoms in total. The van der Waals surface area contributed by atoms with Crippen LogP contribution in [0.15, 0.2) is 84.0 Å². The van der Waals surface area contributed by atoms with Crippen LogP contribution in [0.4, 0.5) is 0 Å². The zero-order valence-electron chi connectivity index (χ0n) is 19.2. The van der Waals surface area contributed by atoms with E-state index in [0.717, 1.165) is 53.0 Å². The maximum absolute atomic E-state index is 9.84. The molecule has 0 bridgehead atoms. The summed E-state index contributed by atoms with van der Waals surface area (Å²) in [5.41, 5.74) is 14.1. The summed E-state index contributed by atoms with van der Waals surface area (Å²) in [6.45, 7) is 1.92. The number of allylic oxidation sites excluding steroid dienone is 1. The fraction of sp³-hybridized carbons (Fsp3) is 0.259. The fourth-order valence-electron chi connectivity index (χ4n) is 3.63. The Morgan fingerprint density at radius 2 is 1.55 bits per heavy atom. The Balaban J connectivity index is 2.05. The van der Waals surface area contributed by atoms with Crippen LogP contribution in [0.25, 0.3) is 21.6 Å². The van der Waals surface area contributed by atoms with Crippen molar-refractivity contribution in [2.45, 2.75) is 12.8 Å². The molecule has 170 valence electrons. The topological polar surface area (TPSA) is 81.5 Å². The van der Waals surface area contributed by atoms with Gasteiger partial charge in [-0.1, -0.05) is 59.7 Å². The molecule has 3 aromatic rings. The third-order valence-electron chi connectivity index (χ3n) is 5.28. The first kappa shape index (κ1) is 23.9. The second-order valence-electron chi connectivity index (χ2n) is 8.00. The highest BCUT2D eigenvalue weighted by atomic mass is 16.5. The molecule has 0 saturated heterocycles. The number of aromatic hydroxyl groups is 1. The van der Waals surface area contributed by atoms with Crippen molar-refractivity contribution in [3.63, 3.8) is 0 Å². The van der Waals surface area contributed by atoms with Gasteiger partial charge in [0.1, 0.15) is 18.1 Å². The number of likely N-dealkylation sites (N-methyl/N-ethyl adjacent to an activating group) is 1. The molecule has 0 saturated carbocycles. The van der Waals surface area contributed by atoms with E-state index in [2.05, 4.69) is 39.2 Å². The number of ether oxygens (including phenoxy) is 1. The van der Waals surface area contributed by atoms with Gasteiger partial charge in [-0.3, -0.25) is 0 Å². The van der Waals surface area contributed by atoms with Crippen LogP contribution in [-0.2, 0) is 0 Å². The number of hydrogen-bond acceptors (Lipinski definition) is 4. The van der Waals surface area contributed by atoms with Crippen LogP contribution < -0.4 is 4.74 Å². The largest absolute Gasteiger partial charge is 0.508 e. The van der Waals surface area contributed by atoms with Gasteiger partial charge in [-0.15, -0.1) is 0 Å². The van der Waals surface area contributed by atoms with Crippen molar-refractivity contribution in [2.75, 3.05) is 33.8 Å². The third-order valence-corrected chi connectivity index (χ3v) is 5.28. The number of azide groups is 1. The van der Waals surface area contributed by atoms with E-state index < -0.39 is 0 Å². The smallest absolute Gasteiger partial charge is 0.119 e. The van der Waals surface area contributed by atoms with Crippen LogP contribution in [0, 0.1) is 0 Å². The summed E-state index contributed by atoms with van der Waals surface area (Å²) in [5, 5.41) is 13.6. The first-order valence-electron chi connectivity index (χ1n) is 11.1. The van der Waals surface area contributed by atoms with E-state index in [0.29, 0.717) is 13.2 Å². The molecule has 0 fully saturated rings. The Labute approximate surface area is 195 Å². The van der Waals surface area contributed by atoms with Gasteiger partial charge >= 0.3 is 0 Å². The Hall–Kier alpha value is -3.73. The molecule has 1 N–H and O–H groups in total. The van der Waals surface area contributed by atoms with Crippen molar-refractivity contribution < 1.29 is 9.84 Å². The summed E-state index contributed by atoms with van der Waals surface area (Å²) in [4.78, 5) is 4.97. The molecule has 33 heavy (non-hydrogen) atoms. The van der Waals surface area contributed by atoms with Gasteiger partial charge in [0.2, 0.25) is 0 Å². The minimum absolute atomic E-state index is 0.229. The fourth-order valence-corrected chi connectivity index (χ4v) is 3.63. The van der Waals surface area contributed by atoms with Crippen LogP contribution in [0.2, 0.25) is 0 Å². The highest BCUT2D eigenvalue weighted by Crippen LogP contribution is 2.36. The molecular formula is C27H30N4O2. The summed E-state index contributed by atoms with van der Waals surface area (Å²) >= 11 is 0. The van der Waals surface area contributed by atoms with E-state index in [1.54, 1.807) is 12.1 Å². The summed E-state index contributed by atoms with van der Waals surface area (Å²) in [7, 11) is 4.04. The van der Waals surface area contributed by atoms with Crippen molar-refractivity contribution in [3.05, 3.63) is 106 Å². The number of phenols is 1. The van der Waals surface area contributed by atoms with Crippen LogP contribution in [0.3, 0.4) is 0 Å². The Bertz CT molecular complexity index is 1090. The highest BCUT2D eigenvalue weighted by Gasteiger charge is 2.14. The molecule has 0 aliphatic carbocycles. The minimum atomic E-state index is 0.229. The van der Waals surface area contributed by atoms with Crippen molar-refractivity contribution >= 4 is 11.1 Å². The minimum Gasteiger partial charge on any atom is -0.508 e. The summed E-state index contributed by atoms with van der Waals surface area (Å²) in [6, 6.07) is 25.7. The molecule has 0 radical (unpaired) electrons. The average molecular weight is 443 g/mol. The molecule has 0 aromatic heterocycles. The van der Waals surface area contributed by atoms with Gasteiger partial charge in [-0.05, 0) is 84.6 Å². The van der Waals surface area contributed by atoms with Gasteiger partial charge < -0.3 is 14.7 Å². The molecule has 0 spiro atoms. The quantitative estimate of drug-likeness (QED) is 0.123. The Morgan fingerprint density at radius 3 is 2.15 bits per heavy atom. The predicted octanol–water partition coefficient (Wildman–Crippen LogP) is 6.38. The van der Waals surface area contributed by atoms with Crippen molar-refractivity contribution in [2.24, 2.45) is 5.11 Å². The number of benzene rings is 3. The Morgan fingerprint density at radius 1 is 0.909 bits per heavy atom. The zero-order chi connectivity index (χ0) is 23.5. The molecule has 6 heteroatoms. The molecule has 0 heterocycles. The lowest BCUT2D eigenvalue weighted by atomic mass is 9.87. The van der Waals surface area contributed by atoms with Gasteiger partial charge in [-0.25, -0.2) is 0 Å². The molecule has 0 aliphatic heterocycles. The van der Waals surface area contributed by atoms with Crippen LogP contribution in [0.1, 0.15) is 29.5 Å². The molecule has 0 amide bonds. The second-order valence-corrected chi connectivity index (χ2v) is 8.00. The van der Waals surface area contributed by atoms with E-state index in [-0.39, 0.29) is 5.75 Å².